The second-order valence-corrected chi connectivity index (χ2v) is 3.94. The molecule has 0 radical (unpaired) electrons. The lowest BCUT2D eigenvalue weighted by molar-refractivity contribution is -0.137. The molecule has 1 heterocycles. The van der Waals surface area contributed by atoms with Crippen LogP contribution in [0.5, 0.6) is 0 Å². The predicted octanol–water partition coefficient (Wildman–Crippen LogP) is 2.69. The molecule has 0 aliphatic rings. The van der Waals surface area contributed by atoms with Gasteiger partial charge in [-0.15, -0.1) is 0 Å². The third-order valence-corrected chi connectivity index (χ3v) is 2.67. The third kappa shape index (κ3) is 2.38. The van der Waals surface area contributed by atoms with Gasteiger partial charge in [0, 0.05) is 6.20 Å². The number of benzene rings is 1. The Morgan fingerprint density at radius 3 is 2.56 bits per heavy atom. The maximum Gasteiger partial charge on any atom is 0.419 e. The molecule has 0 amide bonds. The van der Waals surface area contributed by atoms with E-state index in [4.69, 9.17) is 5.11 Å². The van der Waals surface area contributed by atoms with Crippen molar-refractivity contribution in [1.82, 2.24) is 9.78 Å². The molecule has 18 heavy (non-hydrogen) atoms. The summed E-state index contributed by atoms with van der Waals surface area (Å²) >= 11 is 0. The Kier molecular flexibility index (Phi) is 3.13. The van der Waals surface area contributed by atoms with Gasteiger partial charge in [-0.1, -0.05) is 6.07 Å². The van der Waals surface area contributed by atoms with Gasteiger partial charge in [-0.25, -0.2) is 4.68 Å². The summed E-state index contributed by atoms with van der Waals surface area (Å²) in [5, 5.41) is 12.7. The first-order valence-corrected chi connectivity index (χ1v) is 5.24. The number of hydrogen-bond acceptors (Lipinski definition) is 2. The van der Waals surface area contributed by atoms with Crippen LogP contribution in [0.25, 0.3) is 5.69 Å². The molecule has 1 aromatic carbocycles. The lowest BCUT2D eigenvalue weighted by Crippen LogP contribution is -2.03. The molecule has 2 rings (SSSR count). The Morgan fingerprint density at radius 2 is 2.06 bits per heavy atom. The fraction of sp³-hybridized carbons (Fsp3) is 0.250. The third-order valence-electron chi connectivity index (χ3n) is 2.67. The number of aliphatic hydroxyl groups is 1. The molecular formula is C12H11F3N2O. The van der Waals surface area contributed by atoms with Crippen molar-refractivity contribution < 1.29 is 18.3 Å². The highest BCUT2D eigenvalue weighted by Crippen LogP contribution is 2.29. The Morgan fingerprint density at radius 1 is 1.33 bits per heavy atom. The lowest BCUT2D eigenvalue weighted by Gasteiger charge is -2.06. The SMILES string of the molecule is Cc1cc(-n2cc(C(F)(F)F)cn2)ccc1CO. The van der Waals surface area contributed by atoms with Crippen LogP contribution < -0.4 is 0 Å². The monoisotopic (exact) mass is 256 g/mol. The molecule has 2 aromatic rings. The number of hydrogen-bond donors (Lipinski definition) is 1. The highest BCUT2D eigenvalue weighted by molar-refractivity contribution is 5.39. The lowest BCUT2D eigenvalue weighted by atomic mass is 10.1. The van der Waals surface area contributed by atoms with E-state index in [1.54, 1.807) is 25.1 Å². The summed E-state index contributed by atoms with van der Waals surface area (Å²) in [6.07, 6.45) is -2.67. The molecule has 0 aliphatic heterocycles. The van der Waals surface area contributed by atoms with E-state index in [2.05, 4.69) is 5.10 Å². The average Bonchev–Trinajstić information content (AvgIpc) is 2.77. The zero-order valence-corrected chi connectivity index (χ0v) is 9.57. The van der Waals surface area contributed by atoms with Crippen molar-refractivity contribution in [2.24, 2.45) is 0 Å². The maximum atomic E-state index is 12.4. The quantitative estimate of drug-likeness (QED) is 0.897. The van der Waals surface area contributed by atoms with Gasteiger partial charge in [0.1, 0.15) is 0 Å². The average molecular weight is 256 g/mol. The number of alkyl halides is 3. The largest absolute Gasteiger partial charge is 0.419 e. The molecule has 0 saturated carbocycles. The van der Waals surface area contributed by atoms with Crippen LogP contribution in [-0.2, 0) is 12.8 Å². The molecule has 0 unspecified atom stereocenters. The minimum Gasteiger partial charge on any atom is -0.392 e. The van der Waals surface area contributed by atoms with Crippen LogP contribution in [0.2, 0.25) is 0 Å². The van der Waals surface area contributed by atoms with Crippen molar-refractivity contribution in [3.63, 3.8) is 0 Å². The van der Waals surface area contributed by atoms with Gasteiger partial charge in [0.2, 0.25) is 0 Å². The Balaban J connectivity index is 2.38. The highest BCUT2D eigenvalue weighted by atomic mass is 19.4. The number of aromatic nitrogens is 2. The molecule has 1 aromatic heterocycles. The normalized spacial score (nSPS) is 11.8. The van der Waals surface area contributed by atoms with E-state index in [1.807, 2.05) is 0 Å². The van der Waals surface area contributed by atoms with Gasteiger partial charge in [0.25, 0.3) is 0 Å². The zero-order valence-electron chi connectivity index (χ0n) is 9.57. The summed E-state index contributed by atoms with van der Waals surface area (Å²) in [6.45, 7) is 1.68. The van der Waals surface area contributed by atoms with E-state index >= 15 is 0 Å². The second kappa shape index (κ2) is 4.45. The minimum atomic E-state index is -4.39. The number of aliphatic hydroxyl groups excluding tert-OH is 1. The molecule has 0 aliphatic carbocycles. The number of nitrogens with zero attached hydrogens (tertiary/aromatic N) is 2. The summed E-state index contributed by atoms with van der Waals surface area (Å²) in [5.74, 6) is 0. The summed E-state index contributed by atoms with van der Waals surface area (Å²) in [5.41, 5.74) is 1.28. The van der Waals surface area contributed by atoms with E-state index in [1.165, 1.54) is 0 Å². The topological polar surface area (TPSA) is 38.0 Å². The van der Waals surface area contributed by atoms with Crippen LogP contribution in [0.1, 0.15) is 16.7 Å². The zero-order chi connectivity index (χ0) is 13.3. The van der Waals surface area contributed by atoms with Gasteiger partial charge in [0.05, 0.1) is 24.1 Å². The number of halogens is 3. The Hall–Kier alpha value is -1.82. The molecular weight excluding hydrogens is 245 g/mol. The van der Waals surface area contributed by atoms with Crippen LogP contribution in [0.3, 0.4) is 0 Å². The molecule has 0 bridgehead atoms. The summed E-state index contributed by atoms with van der Waals surface area (Å²) in [7, 11) is 0. The molecule has 6 heteroatoms. The number of rotatable bonds is 2. The van der Waals surface area contributed by atoms with Gasteiger partial charge < -0.3 is 5.11 Å². The molecule has 0 spiro atoms. The fourth-order valence-corrected chi connectivity index (χ4v) is 1.61. The van der Waals surface area contributed by atoms with Crippen molar-refractivity contribution in [2.45, 2.75) is 19.7 Å². The first kappa shape index (κ1) is 12.6. The highest BCUT2D eigenvalue weighted by Gasteiger charge is 2.32. The van der Waals surface area contributed by atoms with Gasteiger partial charge in [-0.2, -0.15) is 18.3 Å². The van der Waals surface area contributed by atoms with E-state index in [0.29, 0.717) is 5.69 Å². The first-order chi connectivity index (χ1) is 8.41. The molecule has 0 saturated heterocycles. The molecule has 0 atom stereocenters. The van der Waals surface area contributed by atoms with Gasteiger partial charge in [0.15, 0.2) is 0 Å². The van der Waals surface area contributed by atoms with Crippen LogP contribution in [0, 0.1) is 6.92 Å². The van der Waals surface area contributed by atoms with Crippen LogP contribution in [0.15, 0.2) is 30.6 Å². The van der Waals surface area contributed by atoms with E-state index in [0.717, 1.165) is 28.2 Å². The molecule has 96 valence electrons. The van der Waals surface area contributed by atoms with E-state index in [-0.39, 0.29) is 6.61 Å². The first-order valence-electron chi connectivity index (χ1n) is 5.24. The summed E-state index contributed by atoms with van der Waals surface area (Å²) in [4.78, 5) is 0. The maximum absolute atomic E-state index is 12.4. The Bertz CT molecular complexity index is 561. The van der Waals surface area contributed by atoms with Crippen molar-refractivity contribution in [3.05, 3.63) is 47.3 Å². The molecule has 0 fully saturated rings. The van der Waals surface area contributed by atoms with Crippen molar-refractivity contribution in [3.8, 4) is 5.69 Å². The van der Waals surface area contributed by atoms with Crippen molar-refractivity contribution in [2.75, 3.05) is 0 Å². The van der Waals surface area contributed by atoms with Crippen LogP contribution >= 0.6 is 0 Å². The smallest absolute Gasteiger partial charge is 0.392 e. The van der Waals surface area contributed by atoms with Gasteiger partial charge in [-0.3, -0.25) is 0 Å². The van der Waals surface area contributed by atoms with Gasteiger partial charge in [-0.05, 0) is 30.2 Å². The van der Waals surface area contributed by atoms with Crippen molar-refractivity contribution in [1.29, 1.82) is 0 Å². The minimum absolute atomic E-state index is 0.0982. The summed E-state index contributed by atoms with van der Waals surface area (Å²) in [6, 6.07) is 4.96. The fourth-order valence-electron chi connectivity index (χ4n) is 1.61. The van der Waals surface area contributed by atoms with E-state index < -0.39 is 11.7 Å². The summed E-state index contributed by atoms with van der Waals surface area (Å²) < 4.78 is 38.4. The van der Waals surface area contributed by atoms with Gasteiger partial charge >= 0.3 is 6.18 Å². The second-order valence-electron chi connectivity index (χ2n) is 3.94. The Labute approximate surface area is 101 Å². The van der Waals surface area contributed by atoms with E-state index in [9.17, 15) is 13.2 Å². The molecule has 3 nitrogen and oxygen atoms in total. The number of aryl methyl sites for hydroxylation is 1. The van der Waals surface area contributed by atoms with Crippen LogP contribution in [0.4, 0.5) is 13.2 Å². The van der Waals surface area contributed by atoms with Crippen molar-refractivity contribution >= 4 is 0 Å². The predicted molar refractivity (Wildman–Crippen MR) is 59.2 cm³/mol. The standard InChI is InChI=1S/C12H11F3N2O/c1-8-4-11(3-2-9(8)7-18)17-6-10(5-16-17)12(13,14)15/h2-6,18H,7H2,1H3. The van der Waals surface area contributed by atoms with Crippen LogP contribution in [-0.4, -0.2) is 14.9 Å². The molecule has 1 N–H and O–H groups in total.